The summed E-state index contributed by atoms with van der Waals surface area (Å²) in [5.74, 6) is -1.91. The summed E-state index contributed by atoms with van der Waals surface area (Å²) >= 11 is 0. The van der Waals surface area contributed by atoms with Gasteiger partial charge in [-0.1, -0.05) is 36.4 Å². The molecule has 8 heteroatoms. The molecule has 2 rings (SSSR count). The highest BCUT2D eigenvalue weighted by Crippen LogP contribution is 2.25. The summed E-state index contributed by atoms with van der Waals surface area (Å²) < 4.78 is 59.1. The number of benzene rings is 2. The van der Waals surface area contributed by atoms with Gasteiger partial charge in [0.15, 0.2) is 0 Å². The summed E-state index contributed by atoms with van der Waals surface area (Å²) in [4.78, 5) is 11.0. The van der Waals surface area contributed by atoms with Crippen molar-refractivity contribution in [2.24, 2.45) is 5.14 Å². The van der Waals surface area contributed by atoms with Crippen molar-refractivity contribution in [3.63, 3.8) is 0 Å². The lowest BCUT2D eigenvalue weighted by Crippen LogP contribution is -2.22. The molecule has 0 aliphatic carbocycles. The number of primary sulfonamides is 1. The van der Waals surface area contributed by atoms with Gasteiger partial charge in [-0.25, -0.2) is 13.6 Å². The topological polar surface area (TPSA) is 77.2 Å². The van der Waals surface area contributed by atoms with Crippen molar-refractivity contribution < 1.29 is 26.4 Å². The largest absolute Gasteiger partial charge is 0.454 e. The van der Waals surface area contributed by atoms with E-state index in [1.165, 1.54) is 36.4 Å². The first-order valence-electron chi connectivity index (χ1n) is 5.94. The van der Waals surface area contributed by atoms with Crippen molar-refractivity contribution in [3.05, 3.63) is 54.1 Å². The number of halogens is 3. The molecule has 0 atom stereocenters. The highest BCUT2D eigenvalue weighted by Gasteiger charge is 2.39. The molecular formula is C14H10F3NO3S. The average Bonchev–Trinajstić information content (AvgIpc) is 2.45. The molecule has 4 nitrogen and oxygen atoms in total. The molecule has 0 aliphatic rings. The van der Waals surface area contributed by atoms with E-state index in [9.17, 15) is 26.4 Å². The summed E-state index contributed by atoms with van der Waals surface area (Å²) in [6, 6.07) is 10.4. The molecule has 0 aromatic heterocycles. The van der Waals surface area contributed by atoms with Gasteiger partial charge in [0.05, 0.1) is 4.90 Å². The van der Waals surface area contributed by atoms with Gasteiger partial charge in [-0.05, 0) is 23.3 Å². The molecule has 0 radical (unpaired) electrons. The lowest BCUT2D eigenvalue weighted by Gasteiger charge is -2.07. The third-order valence-electron chi connectivity index (χ3n) is 2.92. The normalized spacial score (nSPS) is 12.2. The molecule has 116 valence electrons. The Labute approximate surface area is 124 Å². The molecule has 2 N–H and O–H groups in total. The highest BCUT2D eigenvalue weighted by atomic mass is 32.2. The van der Waals surface area contributed by atoms with Crippen molar-refractivity contribution in [1.29, 1.82) is 0 Å². The molecule has 0 unspecified atom stereocenters. The smallest absolute Gasteiger partial charge is 0.284 e. The number of Topliss-reactive ketones (excluding diaryl/α,β-unsaturated/α-hetero) is 1. The van der Waals surface area contributed by atoms with Crippen LogP contribution >= 0.6 is 0 Å². The zero-order valence-electron chi connectivity index (χ0n) is 11.0. The first-order valence-corrected chi connectivity index (χ1v) is 7.48. The van der Waals surface area contributed by atoms with Gasteiger partial charge >= 0.3 is 6.18 Å². The van der Waals surface area contributed by atoms with E-state index in [4.69, 9.17) is 5.14 Å². The standard InChI is InChI=1S/C14H10F3NO3S/c15-14(16,17)13(19)11-3-1-9(2-4-11)10-5-7-12(8-6-10)22(18,20)21/h1-8H,(H2,18,20,21). The van der Waals surface area contributed by atoms with Crippen LogP contribution in [-0.4, -0.2) is 20.4 Å². The maximum Gasteiger partial charge on any atom is 0.454 e. The minimum absolute atomic E-state index is 0.0693. The zero-order chi connectivity index (χ0) is 16.5. The van der Waals surface area contributed by atoms with E-state index in [2.05, 4.69) is 0 Å². The van der Waals surface area contributed by atoms with Crippen molar-refractivity contribution in [2.45, 2.75) is 11.1 Å². The van der Waals surface area contributed by atoms with E-state index in [1.807, 2.05) is 0 Å². The summed E-state index contributed by atoms with van der Waals surface area (Å²) in [5.41, 5.74) is 0.663. The van der Waals surface area contributed by atoms with Gasteiger partial charge in [0.25, 0.3) is 5.78 Å². The molecule has 22 heavy (non-hydrogen) atoms. The molecular weight excluding hydrogens is 319 g/mol. The fourth-order valence-corrected chi connectivity index (χ4v) is 2.33. The van der Waals surface area contributed by atoms with Gasteiger partial charge in [0, 0.05) is 5.56 Å². The van der Waals surface area contributed by atoms with Gasteiger partial charge in [-0.2, -0.15) is 13.2 Å². The predicted octanol–water partition coefficient (Wildman–Crippen LogP) is 2.75. The maximum atomic E-state index is 12.3. The second kappa shape index (κ2) is 5.54. The Morgan fingerprint density at radius 3 is 1.64 bits per heavy atom. The van der Waals surface area contributed by atoms with Gasteiger partial charge < -0.3 is 0 Å². The molecule has 0 amide bonds. The third-order valence-corrected chi connectivity index (χ3v) is 3.85. The zero-order valence-corrected chi connectivity index (χ0v) is 11.8. The molecule has 0 bridgehead atoms. The van der Waals surface area contributed by atoms with Crippen LogP contribution in [0.4, 0.5) is 13.2 Å². The van der Waals surface area contributed by atoms with Gasteiger partial charge in [-0.3, -0.25) is 4.79 Å². The van der Waals surface area contributed by atoms with Crippen molar-refractivity contribution >= 4 is 15.8 Å². The van der Waals surface area contributed by atoms with Crippen LogP contribution in [-0.2, 0) is 10.0 Å². The minimum atomic E-state index is -4.92. The number of hydrogen-bond donors (Lipinski definition) is 1. The van der Waals surface area contributed by atoms with Crippen LogP contribution in [0.1, 0.15) is 10.4 Å². The predicted molar refractivity (Wildman–Crippen MR) is 73.6 cm³/mol. The van der Waals surface area contributed by atoms with E-state index in [0.29, 0.717) is 11.1 Å². The van der Waals surface area contributed by atoms with Crippen molar-refractivity contribution in [3.8, 4) is 11.1 Å². The fourth-order valence-electron chi connectivity index (χ4n) is 1.81. The Hall–Kier alpha value is -2.19. The minimum Gasteiger partial charge on any atom is -0.284 e. The Morgan fingerprint density at radius 1 is 0.864 bits per heavy atom. The van der Waals surface area contributed by atoms with Crippen LogP contribution in [0.3, 0.4) is 0 Å². The van der Waals surface area contributed by atoms with Gasteiger partial charge in [0.1, 0.15) is 0 Å². The first-order chi connectivity index (χ1) is 10.1. The van der Waals surface area contributed by atoms with Crippen LogP contribution < -0.4 is 5.14 Å². The first kappa shape index (κ1) is 16.2. The van der Waals surface area contributed by atoms with Crippen LogP contribution in [0, 0.1) is 0 Å². The average molecular weight is 329 g/mol. The Kier molecular flexibility index (Phi) is 4.08. The van der Waals surface area contributed by atoms with Crippen molar-refractivity contribution in [1.82, 2.24) is 0 Å². The van der Waals surface area contributed by atoms with Crippen LogP contribution in [0.5, 0.6) is 0 Å². The summed E-state index contributed by atoms with van der Waals surface area (Å²) in [6.07, 6.45) is -4.92. The van der Waals surface area contributed by atoms with E-state index in [1.54, 1.807) is 0 Å². The van der Waals surface area contributed by atoms with Crippen LogP contribution in [0.25, 0.3) is 11.1 Å². The lowest BCUT2D eigenvalue weighted by molar-refractivity contribution is -0.0885. The molecule has 0 fully saturated rings. The van der Waals surface area contributed by atoms with Gasteiger partial charge in [-0.15, -0.1) is 0 Å². The van der Waals surface area contributed by atoms with E-state index in [-0.39, 0.29) is 4.90 Å². The number of carbonyl (C=O) groups is 1. The third kappa shape index (κ3) is 3.52. The molecule has 0 saturated carbocycles. The number of carbonyl (C=O) groups excluding carboxylic acids is 1. The van der Waals surface area contributed by atoms with E-state index < -0.39 is 27.5 Å². The second-order valence-electron chi connectivity index (χ2n) is 4.47. The Balaban J connectivity index is 2.30. The van der Waals surface area contributed by atoms with Gasteiger partial charge in [0.2, 0.25) is 10.0 Å². The lowest BCUT2D eigenvalue weighted by atomic mass is 10.0. The summed E-state index contributed by atoms with van der Waals surface area (Å²) in [7, 11) is -3.81. The summed E-state index contributed by atoms with van der Waals surface area (Å²) in [5, 5.41) is 4.97. The maximum absolute atomic E-state index is 12.3. The highest BCUT2D eigenvalue weighted by molar-refractivity contribution is 7.89. The second-order valence-corrected chi connectivity index (χ2v) is 6.04. The number of nitrogens with two attached hydrogens (primary N) is 1. The SMILES string of the molecule is NS(=O)(=O)c1ccc(-c2ccc(C(=O)C(F)(F)F)cc2)cc1. The molecule has 2 aromatic rings. The number of hydrogen-bond acceptors (Lipinski definition) is 3. The van der Waals surface area contributed by atoms with E-state index >= 15 is 0 Å². The Morgan fingerprint density at radius 2 is 1.27 bits per heavy atom. The van der Waals surface area contributed by atoms with Crippen molar-refractivity contribution in [2.75, 3.05) is 0 Å². The molecule has 0 aliphatic heterocycles. The Bertz CT molecular complexity index is 795. The summed E-state index contributed by atoms with van der Waals surface area (Å²) in [6.45, 7) is 0. The molecule has 2 aromatic carbocycles. The van der Waals surface area contributed by atoms with E-state index in [0.717, 1.165) is 12.1 Å². The molecule has 0 spiro atoms. The number of rotatable bonds is 3. The number of alkyl halides is 3. The molecule has 0 saturated heterocycles. The molecule has 0 heterocycles. The monoisotopic (exact) mass is 329 g/mol. The number of sulfonamides is 1. The van der Waals surface area contributed by atoms with Crippen LogP contribution in [0.15, 0.2) is 53.4 Å². The van der Waals surface area contributed by atoms with Crippen LogP contribution in [0.2, 0.25) is 0 Å². The fraction of sp³-hybridized carbons (Fsp3) is 0.0714. The number of ketones is 1. The quantitative estimate of drug-likeness (QED) is 0.880.